The standard InChI is InChI=1S/C21H26BrN9O4/c1-3-34-16-9-13(8-14(22)18(16)32)10-24-26-21(33)17-15(11-30-7-5-4-6-12(30)2)31(29-25-17)20-19(23)27-35-28-20/h8-10,12,32H,3-7,11H2,1-2H3,(H2,23,27)(H,26,33)/b24-10+/t12-/m0/s1. The van der Waals surface area contributed by atoms with Crippen LogP contribution in [0.4, 0.5) is 5.82 Å². The first-order chi connectivity index (χ1) is 16.9. The first-order valence-electron chi connectivity index (χ1n) is 11.1. The van der Waals surface area contributed by atoms with E-state index in [1.54, 1.807) is 12.1 Å². The molecule has 1 aromatic carbocycles. The van der Waals surface area contributed by atoms with E-state index in [1.165, 1.54) is 10.9 Å². The summed E-state index contributed by atoms with van der Waals surface area (Å²) in [6, 6.07) is 3.59. The molecule has 0 saturated carbocycles. The molecule has 14 heteroatoms. The Labute approximate surface area is 209 Å². The molecule has 1 fully saturated rings. The number of rotatable bonds is 8. The highest BCUT2D eigenvalue weighted by Gasteiger charge is 2.28. The van der Waals surface area contributed by atoms with Gasteiger partial charge in [-0.2, -0.15) is 9.78 Å². The van der Waals surface area contributed by atoms with Gasteiger partial charge in [0, 0.05) is 12.6 Å². The number of likely N-dealkylation sites (tertiary alicyclic amines) is 1. The number of hydrogen-bond acceptors (Lipinski definition) is 11. The number of ether oxygens (including phenoxy) is 1. The summed E-state index contributed by atoms with van der Waals surface area (Å²) in [5.41, 5.74) is 9.53. The summed E-state index contributed by atoms with van der Waals surface area (Å²) in [5.74, 6) is -0.0600. The minimum Gasteiger partial charge on any atom is -0.503 e. The fourth-order valence-electron chi connectivity index (χ4n) is 3.86. The Hall–Kier alpha value is -3.52. The molecule has 3 heterocycles. The zero-order valence-corrected chi connectivity index (χ0v) is 20.9. The maximum Gasteiger partial charge on any atom is 0.293 e. The molecule has 35 heavy (non-hydrogen) atoms. The predicted octanol–water partition coefficient (Wildman–Crippen LogP) is 2.24. The van der Waals surface area contributed by atoms with E-state index in [0.29, 0.717) is 40.7 Å². The number of benzene rings is 1. The number of phenols is 1. The number of halogens is 1. The number of nitrogens with one attached hydrogen (secondary N) is 1. The number of piperidine rings is 1. The van der Waals surface area contributed by atoms with E-state index >= 15 is 0 Å². The number of aromatic hydroxyl groups is 1. The van der Waals surface area contributed by atoms with Gasteiger partial charge in [-0.3, -0.25) is 9.69 Å². The van der Waals surface area contributed by atoms with Crippen LogP contribution in [0.2, 0.25) is 0 Å². The minimum atomic E-state index is -0.551. The van der Waals surface area contributed by atoms with Crippen LogP contribution in [0.1, 0.15) is 54.9 Å². The number of hydrogen-bond donors (Lipinski definition) is 3. The Morgan fingerprint density at radius 2 is 2.26 bits per heavy atom. The average molecular weight is 548 g/mol. The second-order valence-electron chi connectivity index (χ2n) is 8.07. The van der Waals surface area contributed by atoms with Crippen molar-refractivity contribution in [3.63, 3.8) is 0 Å². The third-order valence-electron chi connectivity index (χ3n) is 5.70. The average Bonchev–Trinajstić information content (AvgIpc) is 3.44. The lowest BCUT2D eigenvalue weighted by Crippen LogP contribution is -2.38. The Balaban J connectivity index is 1.57. The smallest absolute Gasteiger partial charge is 0.293 e. The van der Waals surface area contributed by atoms with Gasteiger partial charge in [0.2, 0.25) is 11.6 Å². The number of nitrogens with zero attached hydrogens (tertiary/aromatic N) is 7. The molecule has 1 aliphatic heterocycles. The number of phenolic OH excluding ortho intramolecular Hbond substituents is 1. The maximum atomic E-state index is 13.0. The zero-order chi connectivity index (χ0) is 24.9. The summed E-state index contributed by atoms with van der Waals surface area (Å²) < 4.78 is 11.9. The number of hydrazone groups is 1. The third kappa shape index (κ3) is 5.43. The molecule has 0 spiro atoms. The van der Waals surface area contributed by atoms with Gasteiger partial charge >= 0.3 is 0 Å². The number of carbonyl (C=O) groups is 1. The van der Waals surface area contributed by atoms with Crippen molar-refractivity contribution in [1.29, 1.82) is 0 Å². The molecule has 186 valence electrons. The number of amides is 1. The van der Waals surface area contributed by atoms with Gasteiger partial charge in [0.05, 0.1) is 23.0 Å². The highest BCUT2D eigenvalue weighted by atomic mass is 79.9. The van der Waals surface area contributed by atoms with E-state index in [4.69, 9.17) is 15.1 Å². The molecule has 1 saturated heterocycles. The van der Waals surface area contributed by atoms with Gasteiger partial charge in [0.1, 0.15) is 0 Å². The van der Waals surface area contributed by atoms with Crippen molar-refractivity contribution >= 4 is 33.9 Å². The number of nitrogens with two attached hydrogens (primary N) is 1. The molecule has 1 atom stereocenters. The van der Waals surface area contributed by atoms with Crippen LogP contribution in [0.25, 0.3) is 5.82 Å². The van der Waals surface area contributed by atoms with Crippen molar-refractivity contribution in [3.8, 4) is 17.3 Å². The Morgan fingerprint density at radius 3 is 2.97 bits per heavy atom. The highest BCUT2D eigenvalue weighted by Crippen LogP contribution is 2.35. The summed E-state index contributed by atoms with van der Waals surface area (Å²) in [5, 5.41) is 29.7. The monoisotopic (exact) mass is 547 g/mol. The Morgan fingerprint density at radius 1 is 1.43 bits per heavy atom. The van der Waals surface area contributed by atoms with Crippen LogP contribution < -0.4 is 15.9 Å². The number of nitrogen functional groups attached to an aromatic ring is 1. The molecule has 13 nitrogen and oxygen atoms in total. The molecule has 0 radical (unpaired) electrons. The molecule has 1 amide bonds. The fraction of sp³-hybridized carbons (Fsp3) is 0.429. The maximum absolute atomic E-state index is 13.0. The van der Waals surface area contributed by atoms with Crippen molar-refractivity contribution in [1.82, 2.24) is 35.6 Å². The zero-order valence-electron chi connectivity index (χ0n) is 19.3. The van der Waals surface area contributed by atoms with E-state index in [-0.39, 0.29) is 23.1 Å². The molecular weight excluding hydrogens is 522 g/mol. The second-order valence-corrected chi connectivity index (χ2v) is 8.92. The van der Waals surface area contributed by atoms with E-state index in [0.717, 1.165) is 25.8 Å². The number of carbonyl (C=O) groups excluding carboxylic acids is 1. The normalized spacial score (nSPS) is 16.6. The van der Waals surface area contributed by atoms with Gasteiger partial charge in [-0.15, -0.1) is 5.10 Å². The van der Waals surface area contributed by atoms with Crippen LogP contribution in [-0.4, -0.2) is 66.6 Å². The molecule has 3 aromatic rings. The third-order valence-corrected chi connectivity index (χ3v) is 6.30. The molecular formula is C21H26BrN9O4. The van der Waals surface area contributed by atoms with Crippen LogP contribution in [0.3, 0.4) is 0 Å². The summed E-state index contributed by atoms with van der Waals surface area (Å²) >= 11 is 3.28. The molecule has 0 unspecified atom stereocenters. The van der Waals surface area contributed by atoms with Gasteiger partial charge in [-0.25, -0.2) is 10.1 Å². The lowest BCUT2D eigenvalue weighted by Gasteiger charge is -2.33. The van der Waals surface area contributed by atoms with E-state index in [9.17, 15) is 9.90 Å². The van der Waals surface area contributed by atoms with Crippen LogP contribution in [0.5, 0.6) is 11.5 Å². The van der Waals surface area contributed by atoms with Crippen LogP contribution in [0, 0.1) is 0 Å². The quantitative estimate of drug-likeness (QED) is 0.280. The lowest BCUT2D eigenvalue weighted by atomic mass is 10.0. The summed E-state index contributed by atoms with van der Waals surface area (Å²) in [7, 11) is 0. The summed E-state index contributed by atoms with van der Waals surface area (Å²) in [6.45, 7) is 5.64. The lowest BCUT2D eigenvalue weighted by molar-refractivity contribution is 0.0945. The minimum absolute atomic E-state index is 0.0112. The Bertz CT molecular complexity index is 1230. The van der Waals surface area contributed by atoms with Gasteiger partial charge in [0.15, 0.2) is 17.2 Å². The summed E-state index contributed by atoms with van der Waals surface area (Å²) in [4.78, 5) is 15.3. The SMILES string of the molecule is CCOc1cc(/C=N/NC(=O)c2nnn(-c3nonc3N)c2CN2CCCC[C@@H]2C)cc(Br)c1O. The molecule has 1 aliphatic rings. The molecule has 0 aliphatic carbocycles. The molecule has 4 rings (SSSR count). The fourth-order valence-corrected chi connectivity index (χ4v) is 4.32. The Kier molecular flexibility index (Phi) is 7.60. The molecule has 2 aromatic heterocycles. The highest BCUT2D eigenvalue weighted by molar-refractivity contribution is 9.10. The van der Waals surface area contributed by atoms with Crippen LogP contribution >= 0.6 is 15.9 Å². The van der Waals surface area contributed by atoms with Crippen LogP contribution in [-0.2, 0) is 6.54 Å². The number of anilines is 1. The first kappa shape index (κ1) is 24.6. The van der Waals surface area contributed by atoms with E-state index in [2.05, 4.69) is 58.9 Å². The van der Waals surface area contributed by atoms with Gasteiger partial charge in [0.25, 0.3) is 5.91 Å². The summed E-state index contributed by atoms with van der Waals surface area (Å²) in [6.07, 6.45) is 4.72. The van der Waals surface area contributed by atoms with Crippen molar-refractivity contribution < 1.29 is 19.3 Å². The van der Waals surface area contributed by atoms with Gasteiger partial charge < -0.3 is 15.6 Å². The number of aromatic nitrogens is 5. The van der Waals surface area contributed by atoms with Crippen molar-refractivity contribution in [2.24, 2.45) is 5.10 Å². The van der Waals surface area contributed by atoms with Crippen LogP contribution in [0.15, 0.2) is 26.3 Å². The van der Waals surface area contributed by atoms with Gasteiger partial charge in [-0.05, 0) is 77.2 Å². The van der Waals surface area contributed by atoms with E-state index in [1.807, 2.05) is 6.92 Å². The van der Waals surface area contributed by atoms with Crippen molar-refractivity contribution in [2.75, 3.05) is 18.9 Å². The predicted molar refractivity (Wildman–Crippen MR) is 129 cm³/mol. The van der Waals surface area contributed by atoms with Crippen molar-refractivity contribution in [2.45, 2.75) is 45.7 Å². The topological polar surface area (TPSA) is 170 Å². The first-order valence-corrected chi connectivity index (χ1v) is 11.9. The molecule has 4 N–H and O–H groups in total. The van der Waals surface area contributed by atoms with Gasteiger partial charge in [-0.1, -0.05) is 11.6 Å². The largest absolute Gasteiger partial charge is 0.503 e. The second kappa shape index (κ2) is 10.8. The molecule has 0 bridgehead atoms. The van der Waals surface area contributed by atoms with Crippen molar-refractivity contribution in [3.05, 3.63) is 33.6 Å². The van der Waals surface area contributed by atoms with E-state index < -0.39 is 5.91 Å².